The molecule has 1 heteroatoms. The summed E-state index contributed by atoms with van der Waals surface area (Å²) in [6.45, 7) is 12.7. The molecule has 0 radical (unpaired) electrons. The molecule has 0 saturated heterocycles. The first-order valence-electron chi connectivity index (χ1n) is 13.3. The molecular weight excluding hydrogens is 364 g/mol. The van der Waals surface area contributed by atoms with Crippen LogP contribution in [0, 0.1) is 46.3 Å². The van der Waals surface area contributed by atoms with Gasteiger partial charge in [-0.15, -0.1) is 0 Å². The van der Waals surface area contributed by atoms with Crippen molar-refractivity contribution >= 4 is 0 Å². The molecule has 0 bridgehead atoms. The van der Waals surface area contributed by atoms with E-state index in [4.69, 9.17) is 0 Å². The van der Waals surface area contributed by atoms with E-state index in [9.17, 15) is 5.11 Å². The van der Waals surface area contributed by atoms with Crippen LogP contribution in [0.4, 0.5) is 0 Å². The van der Waals surface area contributed by atoms with Crippen LogP contribution >= 0.6 is 0 Å². The van der Waals surface area contributed by atoms with Gasteiger partial charge in [-0.05, 0) is 104 Å². The zero-order valence-corrected chi connectivity index (χ0v) is 20.6. The Hall–Kier alpha value is -0.560. The third-order valence-electron chi connectivity index (χ3n) is 10.6. The molecule has 0 aromatic carbocycles. The molecule has 4 aliphatic rings. The average molecular weight is 413 g/mol. The number of hydrogen-bond donors (Lipinski definition) is 1. The van der Waals surface area contributed by atoms with Crippen LogP contribution in [0.2, 0.25) is 0 Å². The van der Waals surface area contributed by atoms with Gasteiger partial charge in [-0.25, -0.2) is 0 Å². The first-order chi connectivity index (χ1) is 14.3. The molecule has 170 valence electrons. The van der Waals surface area contributed by atoms with Crippen molar-refractivity contribution in [3.8, 4) is 0 Å². The molecule has 30 heavy (non-hydrogen) atoms. The van der Waals surface area contributed by atoms with Crippen LogP contribution in [0.3, 0.4) is 0 Å². The summed E-state index contributed by atoms with van der Waals surface area (Å²) in [5.74, 6) is 4.45. The van der Waals surface area contributed by atoms with Crippen LogP contribution in [0.1, 0.15) is 105 Å². The van der Waals surface area contributed by atoms with Gasteiger partial charge in [0.05, 0.1) is 0 Å². The smallest absolute Gasteiger partial charge is 0.0436 e. The summed E-state index contributed by atoms with van der Waals surface area (Å²) in [6.07, 6.45) is 20.3. The van der Waals surface area contributed by atoms with Gasteiger partial charge in [0, 0.05) is 6.61 Å². The summed E-state index contributed by atoms with van der Waals surface area (Å²) in [6, 6.07) is 0. The minimum atomic E-state index is 0.307. The van der Waals surface area contributed by atoms with Crippen LogP contribution in [-0.4, -0.2) is 11.7 Å². The van der Waals surface area contributed by atoms with Crippen LogP contribution in [0.15, 0.2) is 23.3 Å². The van der Waals surface area contributed by atoms with Crippen molar-refractivity contribution < 1.29 is 5.11 Å². The lowest BCUT2D eigenvalue weighted by molar-refractivity contribution is 0.0746. The summed E-state index contributed by atoms with van der Waals surface area (Å²) in [4.78, 5) is 0. The third kappa shape index (κ3) is 3.76. The van der Waals surface area contributed by atoms with Gasteiger partial charge >= 0.3 is 0 Å². The molecule has 2 saturated carbocycles. The van der Waals surface area contributed by atoms with Crippen molar-refractivity contribution in [2.24, 2.45) is 46.3 Å². The molecular formula is C29H48O. The van der Waals surface area contributed by atoms with Crippen LogP contribution < -0.4 is 0 Å². The standard InChI is InChI=1S/C29H48O/c1-20(2)22(16-19-30)10-9-21(3)25-13-14-26-24-12-11-23-8-6-7-17-28(23,4)27(24)15-18-29(25,26)5/h9-10,20-23,25-26,30H,6-8,11-19H2,1-5H3/t21-,22+,23?,25-,26+,28+,29-/m1/s1. The Bertz CT molecular complexity index is 672. The molecule has 0 aromatic heterocycles. The molecule has 2 fully saturated rings. The minimum Gasteiger partial charge on any atom is -0.396 e. The van der Waals surface area contributed by atoms with Gasteiger partial charge < -0.3 is 5.11 Å². The number of aliphatic hydroxyl groups excluding tert-OH is 1. The van der Waals surface area contributed by atoms with E-state index in [1.165, 1.54) is 64.2 Å². The van der Waals surface area contributed by atoms with Gasteiger partial charge in [-0.1, -0.05) is 70.8 Å². The zero-order valence-electron chi connectivity index (χ0n) is 20.6. The molecule has 0 amide bonds. The highest BCUT2D eigenvalue weighted by Crippen LogP contribution is 2.65. The Morgan fingerprint density at radius 3 is 2.50 bits per heavy atom. The van der Waals surface area contributed by atoms with Gasteiger partial charge in [-0.2, -0.15) is 0 Å². The Kier molecular flexibility index (Phi) is 6.61. The van der Waals surface area contributed by atoms with E-state index in [1.54, 1.807) is 0 Å². The van der Waals surface area contributed by atoms with Crippen molar-refractivity contribution in [2.45, 2.75) is 105 Å². The molecule has 0 aliphatic heterocycles. The second kappa shape index (κ2) is 8.76. The SMILES string of the molecule is CC(C)[C@@H](C=C[C@@H](C)[C@H]1CC[C@H]2C3=C(CC[C@]12C)[C@@]1(C)CCCCC1CC3)CCO. The topological polar surface area (TPSA) is 20.2 Å². The highest BCUT2D eigenvalue weighted by atomic mass is 16.3. The van der Waals surface area contributed by atoms with Crippen LogP contribution in [0.5, 0.6) is 0 Å². The predicted octanol–water partition coefficient (Wildman–Crippen LogP) is 7.95. The van der Waals surface area contributed by atoms with E-state index >= 15 is 0 Å². The third-order valence-corrected chi connectivity index (χ3v) is 10.6. The van der Waals surface area contributed by atoms with Gasteiger partial charge in [0.15, 0.2) is 0 Å². The lowest BCUT2D eigenvalue weighted by Gasteiger charge is -2.54. The highest BCUT2D eigenvalue weighted by molar-refractivity contribution is 5.34. The van der Waals surface area contributed by atoms with E-state index in [0.717, 1.165) is 24.2 Å². The van der Waals surface area contributed by atoms with E-state index in [-0.39, 0.29) is 0 Å². The quantitative estimate of drug-likeness (QED) is 0.439. The highest BCUT2D eigenvalue weighted by Gasteiger charge is 2.55. The summed E-state index contributed by atoms with van der Waals surface area (Å²) in [5.41, 5.74) is 4.95. The summed E-state index contributed by atoms with van der Waals surface area (Å²) >= 11 is 0. The second-order valence-corrected chi connectivity index (χ2v) is 12.3. The van der Waals surface area contributed by atoms with Gasteiger partial charge in [0.2, 0.25) is 0 Å². The molecule has 0 aromatic rings. The maximum atomic E-state index is 9.43. The zero-order chi connectivity index (χ0) is 21.5. The molecule has 4 rings (SSSR count). The monoisotopic (exact) mass is 412 g/mol. The molecule has 7 atom stereocenters. The number of aliphatic hydroxyl groups is 1. The van der Waals surface area contributed by atoms with E-state index in [1.807, 2.05) is 11.1 Å². The largest absolute Gasteiger partial charge is 0.396 e. The Balaban J connectivity index is 1.54. The number of hydrogen-bond acceptors (Lipinski definition) is 1. The molecule has 4 aliphatic carbocycles. The van der Waals surface area contributed by atoms with Crippen molar-refractivity contribution in [3.05, 3.63) is 23.3 Å². The number of fused-ring (bicyclic) bond motifs is 4. The maximum absolute atomic E-state index is 9.43. The fraction of sp³-hybridized carbons (Fsp3) is 0.862. The fourth-order valence-corrected chi connectivity index (χ4v) is 8.65. The molecule has 1 N–H and O–H groups in total. The van der Waals surface area contributed by atoms with E-state index in [0.29, 0.717) is 35.2 Å². The van der Waals surface area contributed by atoms with Crippen molar-refractivity contribution in [1.29, 1.82) is 0 Å². The van der Waals surface area contributed by atoms with Crippen LogP contribution in [-0.2, 0) is 0 Å². The van der Waals surface area contributed by atoms with Crippen LogP contribution in [0.25, 0.3) is 0 Å². The fourth-order valence-electron chi connectivity index (χ4n) is 8.65. The lowest BCUT2D eigenvalue weighted by Crippen LogP contribution is -2.43. The average Bonchev–Trinajstić information content (AvgIpc) is 3.07. The second-order valence-electron chi connectivity index (χ2n) is 12.3. The Morgan fingerprint density at radius 2 is 1.77 bits per heavy atom. The predicted molar refractivity (Wildman–Crippen MR) is 128 cm³/mol. The van der Waals surface area contributed by atoms with E-state index in [2.05, 4.69) is 46.8 Å². The lowest BCUT2D eigenvalue weighted by atomic mass is 9.51. The maximum Gasteiger partial charge on any atom is 0.0436 e. The minimum absolute atomic E-state index is 0.307. The molecule has 1 nitrogen and oxygen atoms in total. The Morgan fingerprint density at radius 1 is 0.967 bits per heavy atom. The summed E-state index contributed by atoms with van der Waals surface area (Å²) in [5, 5.41) is 9.43. The molecule has 0 heterocycles. The molecule has 1 unspecified atom stereocenters. The number of allylic oxidation sites excluding steroid dienone is 4. The summed E-state index contributed by atoms with van der Waals surface area (Å²) in [7, 11) is 0. The van der Waals surface area contributed by atoms with Crippen molar-refractivity contribution in [1.82, 2.24) is 0 Å². The van der Waals surface area contributed by atoms with Gasteiger partial charge in [0.1, 0.15) is 0 Å². The first-order valence-corrected chi connectivity index (χ1v) is 13.3. The van der Waals surface area contributed by atoms with Crippen molar-refractivity contribution in [2.75, 3.05) is 6.61 Å². The summed E-state index contributed by atoms with van der Waals surface area (Å²) < 4.78 is 0. The Labute approximate surface area is 186 Å². The van der Waals surface area contributed by atoms with Gasteiger partial charge in [-0.3, -0.25) is 0 Å². The van der Waals surface area contributed by atoms with E-state index < -0.39 is 0 Å². The van der Waals surface area contributed by atoms with Gasteiger partial charge in [0.25, 0.3) is 0 Å². The number of rotatable bonds is 6. The molecule has 0 spiro atoms. The van der Waals surface area contributed by atoms with Crippen molar-refractivity contribution in [3.63, 3.8) is 0 Å². The normalized spacial score (nSPS) is 41.0. The first kappa shape index (κ1) is 22.6.